The summed E-state index contributed by atoms with van der Waals surface area (Å²) in [5.41, 5.74) is 2.53. The Hall–Kier alpha value is -2.21. The third kappa shape index (κ3) is 3.33. The highest BCUT2D eigenvalue weighted by Crippen LogP contribution is 2.32. The third-order valence-electron chi connectivity index (χ3n) is 3.76. The van der Waals surface area contributed by atoms with Crippen molar-refractivity contribution in [3.8, 4) is 0 Å². The molecule has 116 valence electrons. The molecule has 22 heavy (non-hydrogen) atoms. The fourth-order valence-corrected chi connectivity index (χ4v) is 2.65. The average molecular weight is 298 g/mol. The van der Waals surface area contributed by atoms with E-state index in [9.17, 15) is 0 Å². The molecule has 6 nitrogen and oxygen atoms in total. The fraction of sp³-hybridized carbons (Fsp3) is 0.438. The number of nitrogens with one attached hydrogen (secondary N) is 1. The fourth-order valence-electron chi connectivity index (χ4n) is 2.65. The molecule has 0 spiro atoms. The van der Waals surface area contributed by atoms with Crippen molar-refractivity contribution in [1.29, 1.82) is 0 Å². The first kappa shape index (κ1) is 14.7. The summed E-state index contributed by atoms with van der Waals surface area (Å²) < 4.78 is 0. The zero-order chi connectivity index (χ0) is 15.4. The Morgan fingerprint density at radius 3 is 3.00 bits per heavy atom. The molecule has 1 aliphatic rings. The van der Waals surface area contributed by atoms with E-state index in [4.69, 9.17) is 0 Å². The van der Waals surface area contributed by atoms with Gasteiger partial charge in [0.05, 0.1) is 6.20 Å². The van der Waals surface area contributed by atoms with Gasteiger partial charge in [-0.05, 0) is 45.1 Å². The number of hydrogen-bond donors (Lipinski definition) is 1. The predicted molar refractivity (Wildman–Crippen MR) is 88.6 cm³/mol. The number of para-hydroxylation sites is 1. The molecule has 0 saturated carbocycles. The lowest BCUT2D eigenvalue weighted by Gasteiger charge is -2.17. The number of fused-ring (bicyclic) bond motifs is 1. The van der Waals surface area contributed by atoms with Crippen LogP contribution in [0.2, 0.25) is 0 Å². The number of aromatic nitrogens is 3. The van der Waals surface area contributed by atoms with Crippen molar-refractivity contribution in [3.63, 3.8) is 0 Å². The van der Waals surface area contributed by atoms with Gasteiger partial charge in [-0.3, -0.25) is 0 Å². The lowest BCUT2D eigenvalue weighted by molar-refractivity contribution is 0.405. The molecule has 1 N–H and O–H groups in total. The largest absolute Gasteiger partial charge is 0.369 e. The zero-order valence-electron chi connectivity index (χ0n) is 13.2. The highest BCUT2D eigenvalue weighted by atomic mass is 15.3. The number of nitrogens with zero attached hydrogens (tertiary/aromatic N) is 5. The first-order valence-corrected chi connectivity index (χ1v) is 7.68. The van der Waals surface area contributed by atoms with Crippen LogP contribution in [0.4, 0.5) is 17.5 Å². The second-order valence-corrected chi connectivity index (χ2v) is 5.76. The summed E-state index contributed by atoms with van der Waals surface area (Å²) in [6.45, 7) is 2.84. The summed E-state index contributed by atoms with van der Waals surface area (Å²) in [6.07, 6.45) is 3.78. The highest BCUT2D eigenvalue weighted by Gasteiger charge is 2.22. The van der Waals surface area contributed by atoms with Crippen molar-refractivity contribution in [2.45, 2.75) is 12.8 Å². The molecular weight excluding hydrogens is 276 g/mol. The quantitative estimate of drug-likeness (QED) is 0.822. The molecule has 0 amide bonds. The Bertz CT molecular complexity index is 628. The molecular formula is C16H22N6. The van der Waals surface area contributed by atoms with Crippen molar-refractivity contribution in [2.24, 2.45) is 0 Å². The maximum Gasteiger partial charge on any atom is 0.251 e. The molecule has 2 aromatic rings. The van der Waals surface area contributed by atoms with E-state index in [0.717, 1.165) is 38.3 Å². The van der Waals surface area contributed by atoms with Gasteiger partial charge in [-0.15, -0.1) is 5.10 Å². The van der Waals surface area contributed by atoms with Gasteiger partial charge in [0.15, 0.2) is 5.82 Å². The summed E-state index contributed by atoms with van der Waals surface area (Å²) >= 11 is 0. The number of rotatable bonds is 6. The van der Waals surface area contributed by atoms with E-state index in [0.29, 0.717) is 5.95 Å². The van der Waals surface area contributed by atoms with Crippen LogP contribution in [-0.2, 0) is 6.42 Å². The van der Waals surface area contributed by atoms with Crippen LogP contribution >= 0.6 is 0 Å². The Kier molecular flexibility index (Phi) is 4.48. The van der Waals surface area contributed by atoms with E-state index in [-0.39, 0.29) is 0 Å². The van der Waals surface area contributed by atoms with E-state index in [2.05, 4.69) is 62.6 Å². The molecule has 1 aliphatic heterocycles. The molecule has 0 unspecified atom stereocenters. The van der Waals surface area contributed by atoms with Crippen molar-refractivity contribution >= 4 is 17.5 Å². The lowest BCUT2D eigenvalue weighted by atomic mass is 10.2. The predicted octanol–water partition coefficient (Wildman–Crippen LogP) is 1.93. The topological polar surface area (TPSA) is 57.2 Å². The summed E-state index contributed by atoms with van der Waals surface area (Å²) in [6, 6.07) is 8.40. The Morgan fingerprint density at radius 1 is 1.27 bits per heavy atom. The molecule has 2 heterocycles. The second-order valence-electron chi connectivity index (χ2n) is 5.76. The van der Waals surface area contributed by atoms with Gasteiger partial charge in [-0.2, -0.15) is 10.1 Å². The summed E-state index contributed by atoms with van der Waals surface area (Å²) in [5.74, 6) is 1.45. The van der Waals surface area contributed by atoms with E-state index in [1.54, 1.807) is 6.20 Å². The molecule has 1 aromatic heterocycles. The van der Waals surface area contributed by atoms with Gasteiger partial charge in [0, 0.05) is 18.8 Å². The minimum Gasteiger partial charge on any atom is -0.369 e. The standard InChI is InChI=1S/C16H22N6/c1-21(2)10-5-9-17-15-12-18-20-16(19-15)22-11-8-13-6-3-4-7-14(13)22/h3-4,6-7,12H,5,8-11H2,1-2H3,(H,17,19,20). The van der Waals surface area contributed by atoms with E-state index in [1.165, 1.54) is 11.3 Å². The zero-order valence-corrected chi connectivity index (χ0v) is 13.2. The van der Waals surface area contributed by atoms with Crippen LogP contribution in [0.3, 0.4) is 0 Å². The summed E-state index contributed by atoms with van der Waals surface area (Å²) in [7, 11) is 4.16. The average Bonchev–Trinajstić information content (AvgIpc) is 2.96. The van der Waals surface area contributed by atoms with Crippen molar-refractivity contribution in [3.05, 3.63) is 36.0 Å². The summed E-state index contributed by atoms with van der Waals surface area (Å²) in [4.78, 5) is 8.90. The third-order valence-corrected chi connectivity index (χ3v) is 3.76. The molecule has 6 heteroatoms. The maximum atomic E-state index is 4.60. The van der Waals surface area contributed by atoms with Gasteiger partial charge < -0.3 is 15.1 Å². The smallest absolute Gasteiger partial charge is 0.251 e. The van der Waals surface area contributed by atoms with Crippen LogP contribution in [-0.4, -0.2) is 53.8 Å². The number of anilines is 3. The molecule has 1 aromatic carbocycles. The van der Waals surface area contributed by atoms with Crippen molar-refractivity contribution in [1.82, 2.24) is 20.1 Å². The maximum absolute atomic E-state index is 4.60. The number of hydrogen-bond acceptors (Lipinski definition) is 6. The van der Waals surface area contributed by atoms with Crippen LogP contribution < -0.4 is 10.2 Å². The minimum atomic E-state index is 0.669. The van der Waals surface area contributed by atoms with Crippen molar-refractivity contribution in [2.75, 3.05) is 43.9 Å². The summed E-state index contributed by atoms with van der Waals surface area (Å²) in [5, 5.41) is 11.6. The molecule has 0 saturated heterocycles. The lowest BCUT2D eigenvalue weighted by Crippen LogP contribution is -2.19. The van der Waals surface area contributed by atoms with E-state index >= 15 is 0 Å². The van der Waals surface area contributed by atoms with E-state index in [1.807, 2.05) is 6.07 Å². The molecule has 0 atom stereocenters. The first-order valence-electron chi connectivity index (χ1n) is 7.68. The second kappa shape index (κ2) is 6.70. The van der Waals surface area contributed by atoms with Gasteiger partial charge >= 0.3 is 0 Å². The van der Waals surface area contributed by atoms with Gasteiger partial charge in [0.25, 0.3) is 5.95 Å². The molecule has 0 bridgehead atoms. The van der Waals surface area contributed by atoms with Gasteiger partial charge in [-0.1, -0.05) is 18.2 Å². The Labute approximate surface area is 131 Å². The monoisotopic (exact) mass is 298 g/mol. The highest BCUT2D eigenvalue weighted by molar-refractivity contribution is 5.65. The molecule has 0 radical (unpaired) electrons. The molecule has 0 aliphatic carbocycles. The van der Waals surface area contributed by atoms with Crippen LogP contribution in [0.1, 0.15) is 12.0 Å². The van der Waals surface area contributed by atoms with Gasteiger partial charge in [0.1, 0.15) is 0 Å². The van der Waals surface area contributed by atoms with Crippen LogP contribution in [0.5, 0.6) is 0 Å². The van der Waals surface area contributed by atoms with Crippen molar-refractivity contribution < 1.29 is 0 Å². The Balaban J connectivity index is 1.67. The van der Waals surface area contributed by atoms with E-state index < -0.39 is 0 Å². The number of benzene rings is 1. The van der Waals surface area contributed by atoms with Gasteiger partial charge in [0.2, 0.25) is 0 Å². The van der Waals surface area contributed by atoms with Gasteiger partial charge in [-0.25, -0.2) is 0 Å². The van der Waals surface area contributed by atoms with Crippen LogP contribution in [0.15, 0.2) is 30.5 Å². The normalized spacial score (nSPS) is 13.5. The minimum absolute atomic E-state index is 0.669. The molecule has 0 fully saturated rings. The van der Waals surface area contributed by atoms with Crippen LogP contribution in [0, 0.1) is 0 Å². The molecule has 3 rings (SSSR count). The Morgan fingerprint density at radius 2 is 2.14 bits per heavy atom. The SMILES string of the molecule is CN(C)CCCNc1cnnc(N2CCc3ccccc32)n1. The van der Waals surface area contributed by atoms with Crippen LogP contribution in [0.25, 0.3) is 0 Å². The first-order chi connectivity index (χ1) is 10.7.